The lowest BCUT2D eigenvalue weighted by molar-refractivity contribution is 0.103. The molecule has 20 heavy (non-hydrogen) atoms. The summed E-state index contributed by atoms with van der Waals surface area (Å²) in [5.74, 6) is 0.592. The number of carbonyl (C=O) groups is 1. The maximum absolute atomic E-state index is 12.5. The lowest BCUT2D eigenvalue weighted by atomic mass is 9.98. The van der Waals surface area contributed by atoms with Crippen LogP contribution in [0.25, 0.3) is 0 Å². The summed E-state index contributed by atoms with van der Waals surface area (Å²) in [6, 6.07) is 13.0. The molecule has 0 aliphatic rings. The van der Waals surface area contributed by atoms with Gasteiger partial charge >= 0.3 is 0 Å². The van der Waals surface area contributed by atoms with Gasteiger partial charge in [0.1, 0.15) is 0 Å². The van der Waals surface area contributed by atoms with Crippen LogP contribution in [0.3, 0.4) is 0 Å². The Labute approximate surface area is 133 Å². The minimum atomic E-state index is -0.0181. The number of hydrogen-bond acceptors (Lipinski definition) is 1. The molecule has 0 atom stereocenters. The standard InChI is InChI=1S/C17H16BrClO/c1-11(2)9-12-3-5-13(6-4-12)17(20)15-10-14(19)7-8-16(15)18/h3-8,10-11H,9H2,1-2H3. The largest absolute Gasteiger partial charge is 0.289 e. The molecule has 2 rings (SSSR count). The van der Waals surface area contributed by atoms with Gasteiger partial charge in [-0.1, -0.05) is 65.6 Å². The number of hydrogen-bond donors (Lipinski definition) is 0. The monoisotopic (exact) mass is 350 g/mol. The van der Waals surface area contributed by atoms with Crippen LogP contribution < -0.4 is 0 Å². The van der Waals surface area contributed by atoms with Gasteiger partial charge in [0.2, 0.25) is 0 Å². The summed E-state index contributed by atoms with van der Waals surface area (Å²) in [4.78, 5) is 12.5. The van der Waals surface area contributed by atoms with E-state index in [-0.39, 0.29) is 5.78 Å². The fourth-order valence-electron chi connectivity index (χ4n) is 2.09. The maximum atomic E-state index is 12.5. The number of benzene rings is 2. The van der Waals surface area contributed by atoms with Crippen LogP contribution in [0.1, 0.15) is 35.3 Å². The van der Waals surface area contributed by atoms with E-state index < -0.39 is 0 Å². The Morgan fingerprint density at radius 1 is 1.15 bits per heavy atom. The predicted octanol–water partition coefficient (Wildman–Crippen LogP) is 5.53. The SMILES string of the molecule is CC(C)Cc1ccc(C(=O)c2cc(Cl)ccc2Br)cc1. The molecule has 0 saturated heterocycles. The smallest absolute Gasteiger partial charge is 0.194 e. The molecule has 0 saturated carbocycles. The summed E-state index contributed by atoms with van der Waals surface area (Å²) in [5.41, 5.74) is 2.52. The highest BCUT2D eigenvalue weighted by Crippen LogP contribution is 2.24. The quantitative estimate of drug-likeness (QED) is 0.662. The first kappa shape index (κ1) is 15.3. The Bertz CT molecular complexity index is 617. The van der Waals surface area contributed by atoms with Gasteiger partial charge in [-0.15, -0.1) is 0 Å². The summed E-state index contributed by atoms with van der Waals surface area (Å²) < 4.78 is 0.762. The molecule has 1 nitrogen and oxygen atoms in total. The van der Waals surface area contributed by atoms with Crippen molar-refractivity contribution in [3.63, 3.8) is 0 Å². The van der Waals surface area contributed by atoms with Crippen LogP contribution in [-0.4, -0.2) is 5.78 Å². The highest BCUT2D eigenvalue weighted by molar-refractivity contribution is 9.10. The van der Waals surface area contributed by atoms with Gasteiger partial charge in [0, 0.05) is 20.6 Å². The molecule has 2 aromatic carbocycles. The third-order valence-corrected chi connectivity index (χ3v) is 3.96. The molecular formula is C17H16BrClO. The zero-order valence-electron chi connectivity index (χ0n) is 11.5. The van der Waals surface area contributed by atoms with E-state index in [1.54, 1.807) is 18.2 Å². The Morgan fingerprint density at radius 2 is 1.80 bits per heavy atom. The van der Waals surface area contributed by atoms with Gasteiger partial charge < -0.3 is 0 Å². The molecule has 0 aliphatic carbocycles. The van der Waals surface area contributed by atoms with E-state index >= 15 is 0 Å². The van der Waals surface area contributed by atoms with Gasteiger partial charge in [-0.2, -0.15) is 0 Å². The summed E-state index contributed by atoms with van der Waals surface area (Å²) in [6.45, 7) is 4.37. The fraction of sp³-hybridized carbons (Fsp3) is 0.235. The summed E-state index contributed by atoms with van der Waals surface area (Å²) in [6.07, 6.45) is 1.02. The van der Waals surface area contributed by atoms with E-state index in [9.17, 15) is 4.79 Å². The molecule has 0 N–H and O–H groups in total. The molecule has 3 heteroatoms. The molecular weight excluding hydrogens is 336 g/mol. The Kier molecular flexibility index (Phi) is 5.00. The predicted molar refractivity (Wildman–Crippen MR) is 87.6 cm³/mol. The molecule has 0 radical (unpaired) electrons. The van der Waals surface area contributed by atoms with Gasteiger partial charge in [0.05, 0.1) is 0 Å². The summed E-state index contributed by atoms with van der Waals surface area (Å²) in [7, 11) is 0. The van der Waals surface area contributed by atoms with Gasteiger partial charge in [0.25, 0.3) is 0 Å². The molecule has 0 aliphatic heterocycles. The second kappa shape index (κ2) is 6.55. The van der Waals surface area contributed by atoms with Crippen LogP contribution in [-0.2, 0) is 6.42 Å². The molecule has 0 bridgehead atoms. The average Bonchev–Trinajstić information content (AvgIpc) is 2.41. The molecule has 0 spiro atoms. The van der Waals surface area contributed by atoms with Gasteiger partial charge in [0.15, 0.2) is 5.78 Å². The minimum Gasteiger partial charge on any atom is -0.289 e. The van der Waals surface area contributed by atoms with Gasteiger partial charge in [-0.05, 0) is 36.1 Å². The zero-order chi connectivity index (χ0) is 14.7. The van der Waals surface area contributed by atoms with Gasteiger partial charge in [-0.3, -0.25) is 4.79 Å². The van der Waals surface area contributed by atoms with Crippen molar-refractivity contribution in [2.24, 2.45) is 5.92 Å². The highest BCUT2D eigenvalue weighted by atomic mass is 79.9. The number of carbonyl (C=O) groups excluding carboxylic acids is 1. The molecule has 104 valence electrons. The van der Waals surface area contributed by atoms with Crippen LogP contribution in [0.4, 0.5) is 0 Å². The van der Waals surface area contributed by atoms with Crippen molar-refractivity contribution < 1.29 is 4.79 Å². The van der Waals surface area contributed by atoms with E-state index in [0.717, 1.165) is 10.9 Å². The first-order chi connectivity index (χ1) is 9.47. The third kappa shape index (κ3) is 3.71. The van der Waals surface area contributed by atoms with Crippen molar-refractivity contribution in [2.45, 2.75) is 20.3 Å². The Morgan fingerprint density at radius 3 is 2.40 bits per heavy atom. The topological polar surface area (TPSA) is 17.1 Å². The fourth-order valence-corrected chi connectivity index (χ4v) is 2.69. The van der Waals surface area contributed by atoms with Crippen molar-refractivity contribution in [3.05, 3.63) is 68.7 Å². The second-order valence-corrected chi connectivity index (χ2v) is 6.54. The number of halogens is 2. The van der Waals surface area contributed by atoms with Crippen LogP contribution in [0.2, 0.25) is 5.02 Å². The van der Waals surface area contributed by atoms with E-state index in [4.69, 9.17) is 11.6 Å². The average molecular weight is 352 g/mol. The van der Waals surface area contributed by atoms with E-state index in [1.807, 2.05) is 24.3 Å². The maximum Gasteiger partial charge on any atom is 0.194 e. The minimum absolute atomic E-state index is 0.0181. The van der Waals surface area contributed by atoms with Crippen molar-refractivity contribution in [1.82, 2.24) is 0 Å². The lowest BCUT2D eigenvalue weighted by Gasteiger charge is -2.07. The van der Waals surface area contributed by atoms with Gasteiger partial charge in [-0.25, -0.2) is 0 Å². The van der Waals surface area contributed by atoms with Crippen LogP contribution in [0.15, 0.2) is 46.9 Å². The van der Waals surface area contributed by atoms with E-state index in [0.29, 0.717) is 22.1 Å². The molecule has 0 aromatic heterocycles. The van der Waals surface area contributed by atoms with Crippen molar-refractivity contribution in [3.8, 4) is 0 Å². The van der Waals surface area contributed by atoms with E-state index in [2.05, 4.69) is 29.8 Å². The summed E-state index contributed by atoms with van der Waals surface area (Å²) >= 11 is 9.35. The Balaban J connectivity index is 2.27. The second-order valence-electron chi connectivity index (χ2n) is 5.25. The van der Waals surface area contributed by atoms with Crippen molar-refractivity contribution >= 4 is 33.3 Å². The molecule has 0 fully saturated rings. The number of rotatable bonds is 4. The highest BCUT2D eigenvalue weighted by Gasteiger charge is 2.13. The van der Waals surface area contributed by atoms with Crippen LogP contribution in [0.5, 0.6) is 0 Å². The molecule has 0 heterocycles. The molecule has 2 aromatic rings. The summed E-state index contributed by atoms with van der Waals surface area (Å²) in [5, 5.41) is 0.563. The van der Waals surface area contributed by atoms with Crippen molar-refractivity contribution in [1.29, 1.82) is 0 Å². The lowest BCUT2D eigenvalue weighted by Crippen LogP contribution is -2.03. The van der Waals surface area contributed by atoms with Crippen LogP contribution >= 0.6 is 27.5 Å². The van der Waals surface area contributed by atoms with E-state index in [1.165, 1.54) is 5.56 Å². The Hall–Kier alpha value is -1.12. The normalized spacial score (nSPS) is 10.8. The molecule has 0 unspecified atom stereocenters. The zero-order valence-corrected chi connectivity index (χ0v) is 13.8. The first-order valence-electron chi connectivity index (χ1n) is 6.56. The van der Waals surface area contributed by atoms with Crippen LogP contribution in [0, 0.1) is 5.92 Å². The number of ketones is 1. The third-order valence-electron chi connectivity index (χ3n) is 3.03. The molecule has 0 amide bonds. The van der Waals surface area contributed by atoms with Crippen molar-refractivity contribution in [2.75, 3.05) is 0 Å². The first-order valence-corrected chi connectivity index (χ1v) is 7.73.